The minimum atomic E-state index is -0.118. The van der Waals surface area contributed by atoms with Gasteiger partial charge in [-0.1, -0.05) is 30.3 Å². The largest absolute Gasteiger partial charge is 0.461 e. The molecule has 3 heterocycles. The van der Waals surface area contributed by atoms with Crippen LogP contribution in [0.2, 0.25) is 0 Å². The predicted molar refractivity (Wildman–Crippen MR) is 97.6 cm³/mol. The van der Waals surface area contributed by atoms with Crippen molar-refractivity contribution in [2.24, 2.45) is 0 Å². The van der Waals surface area contributed by atoms with Gasteiger partial charge in [-0.2, -0.15) is 0 Å². The summed E-state index contributed by atoms with van der Waals surface area (Å²) < 4.78 is 5.91. The molecule has 2 aromatic heterocycles. The van der Waals surface area contributed by atoms with Crippen LogP contribution in [0.25, 0.3) is 22.7 Å². The van der Waals surface area contributed by atoms with Gasteiger partial charge in [-0.15, -0.1) is 0 Å². The molecule has 3 aromatic rings. The van der Waals surface area contributed by atoms with Crippen LogP contribution in [0.5, 0.6) is 0 Å². The van der Waals surface area contributed by atoms with Crippen molar-refractivity contribution in [3.05, 3.63) is 64.3 Å². The summed E-state index contributed by atoms with van der Waals surface area (Å²) in [5.74, 6) is 2.40. The van der Waals surface area contributed by atoms with Crippen molar-refractivity contribution in [1.29, 1.82) is 0 Å². The number of nitrogens with zero attached hydrogens (tertiary/aromatic N) is 1. The zero-order chi connectivity index (χ0) is 17.2. The van der Waals surface area contributed by atoms with Gasteiger partial charge in [0.2, 0.25) is 0 Å². The summed E-state index contributed by atoms with van der Waals surface area (Å²) >= 11 is 0. The molecule has 1 aromatic carbocycles. The Kier molecular flexibility index (Phi) is 4.24. The molecule has 25 heavy (non-hydrogen) atoms. The van der Waals surface area contributed by atoms with E-state index in [0.29, 0.717) is 5.82 Å². The summed E-state index contributed by atoms with van der Waals surface area (Å²) in [6.07, 6.45) is 2.17. The summed E-state index contributed by atoms with van der Waals surface area (Å²) in [6.45, 7) is 3.81. The van der Waals surface area contributed by atoms with Gasteiger partial charge in [-0.05, 0) is 32.4 Å². The van der Waals surface area contributed by atoms with Crippen molar-refractivity contribution >= 4 is 0 Å². The Bertz CT molecular complexity index is 922. The lowest BCUT2D eigenvalue weighted by molar-refractivity contribution is 0.454. The molecule has 5 nitrogen and oxygen atoms in total. The van der Waals surface area contributed by atoms with Gasteiger partial charge in [0.25, 0.3) is 5.56 Å². The highest BCUT2D eigenvalue weighted by Gasteiger charge is 2.19. The van der Waals surface area contributed by atoms with Gasteiger partial charge in [-0.3, -0.25) is 4.79 Å². The number of hydrogen-bond acceptors (Lipinski definition) is 4. The highest BCUT2D eigenvalue weighted by Crippen LogP contribution is 2.31. The number of piperidine rings is 1. The fraction of sp³-hybridized carbons (Fsp3) is 0.300. The fourth-order valence-corrected chi connectivity index (χ4v) is 3.38. The van der Waals surface area contributed by atoms with E-state index in [1.165, 1.54) is 0 Å². The second-order valence-electron chi connectivity index (χ2n) is 6.51. The number of nitrogens with one attached hydrogen (secondary N) is 2. The molecule has 1 aliphatic heterocycles. The molecule has 1 saturated heterocycles. The van der Waals surface area contributed by atoms with Gasteiger partial charge in [0.05, 0.1) is 11.3 Å². The van der Waals surface area contributed by atoms with Crippen LogP contribution >= 0.6 is 0 Å². The maximum atomic E-state index is 12.2. The number of hydrogen-bond donors (Lipinski definition) is 2. The number of aromatic nitrogens is 2. The Morgan fingerprint density at radius 2 is 2.04 bits per heavy atom. The van der Waals surface area contributed by atoms with Gasteiger partial charge in [0.15, 0.2) is 0 Å². The Hall–Kier alpha value is -2.66. The van der Waals surface area contributed by atoms with E-state index in [2.05, 4.69) is 10.3 Å². The van der Waals surface area contributed by atoms with Crippen molar-refractivity contribution in [3.63, 3.8) is 0 Å². The average Bonchev–Trinajstić information content (AvgIpc) is 3.04. The van der Waals surface area contributed by atoms with E-state index >= 15 is 0 Å². The quantitative estimate of drug-likeness (QED) is 0.769. The predicted octanol–water partition coefficient (Wildman–Crippen LogP) is 3.47. The third-order valence-corrected chi connectivity index (χ3v) is 4.71. The first-order valence-corrected chi connectivity index (χ1v) is 8.69. The first-order valence-electron chi connectivity index (χ1n) is 8.69. The molecular formula is C20H21N3O2. The molecule has 0 spiro atoms. The molecule has 1 fully saturated rings. The minimum Gasteiger partial charge on any atom is -0.461 e. The van der Waals surface area contributed by atoms with Gasteiger partial charge < -0.3 is 14.7 Å². The van der Waals surface area contributed by atoms with E-state index in [1.807, 2.05) is 43.3 Å². The normalized spacial score (nSPS) is 17.6. The first kappa shape index (κ1) is 15.8. The monoisotopic (exact) mass is 335 g/mol. The Labute approximate surface area is 146 Å². The molecular weight excluding hydrogens is 314 g/mol. The molecule has 0 radical (unpaired) electrons. The lowest BCUT2D eigenvalue weighted by Crippen LogP contribution is -2.29. The SMILES string of the molecule is Cc1oc(-c2ccccc2)cc1-c1nc(C2CCCNC2)cc(=O)[nH]1. The fourth-order valence-electron chi connectivity index (χ4n) is 3.38. The molecule has 128 valence electrons. The second kappa shape index (κ2) is 6.69. The van der Waals surface area contributed by atoms with Gasteiger partial charge in [0, 0.05) is 24.1 Å². The number of furan rings is 1. The summed E-state index contributed by atoms with van der Waals surface area (Å²) in [6, 6.07) is 13.5. The van der Waals surface area contributed by atoms with Crippen LogP contribution < -0.4 is 10.9 Å². The van der Waals surface area contributed by atoms with Crippen molar-refractivity contribution in [3.8, 4) is 22.7 Å². The summed E-state index contributed by atoms with van der Waals surface area (Å²) in [5.41, 5.74) is 2.58. The van der Waals surface area contributed by atoms with Gasteiger partial charge >= 0.3 is 0 Å². The molecule has 0 saturated carbocycles. The van der Waals surface area contributed by atoms with Gasteiger partial charge in [0.1, 0.15) is 17.3 Å². The summed E-state index contributed by atoms with van der Waals surface area (Å²) in [5, 5.41) is 3.38. The number of H-pyrrole nitrogens is 1. The van der Waals surface area contributed by atoms with Crippen LogP contribution in [0.1, 0.15) is 30.2 Å². The van der Waals surface area contributed by atoms with Crippen molar-refractivity contribution in [2.45, 2.75) is 25.7 Å². The molecule has 1 atom stereocenters. The van der Waals surface area contributed by atoms with Crippen LogP contribution in [0.15, 0.2) is 51.7 Å². The molecule has 0 bridgehead atoms. The van der Waals surface area contributed by atoms with Crippen LogP contribution in [-0.2, 0) is 0 Å². The summed E-state index contributed by atoms with van der Waals surface area (Å²) in [7, 11) is 0. The Morgan fingerprint density at radius 1 is 1.20 bits per heavy atom. The topological polar surface area (TPSA) is 70.9 Å². The molecule has 4 rings (SSSR count). The van der Waals surface area contributed by atoms with Crippen LogP contribution in [0.4, 0.5) is 0 Å². The van der Waals surface area contributed by atoms with E-state index < -0.39 is 0 Å². The molecule has 1 unspecified atom stereocenters. The summed E-state index contributed by atoms with van der Waals surface area (Å²) in [4.78, 5) is 19.8. The van der Waals surface area contributed by atoms with E-state index in [4.69, 9.17) is 9.40 Å². The lowest BCUT2D eigenvalue weighted by Gasteiger charge is -2.22. The lowest BCUT2D eigenvalue weighted by atomic mass is 9.96. The number of aryl methyl sites for hydroxylation is 1. The second-order valence-corrected chi connectivity index (χ2v) is 6.51. The molecule has 5 heteroatoms. The standard InChI is InChI=1S/C20H21N3O2/c1-13-16(10-18(25-13)14-6-3-2-4-7-14)20-22-17(11-19(24)23-20)15-8-5-9-21-12-15/h2-4,6-7,10-11,15,21H,5,8-9,12H2,1H3,(H,22,23,24). The number of aromatic amines is 1. The van der Waals surface area contributed by atoms with Crippen LogP contribution in [0, 0.1) is 6.92 Å². The zero-order valence-electron chi connectivity index (χ0n) is 14.2. The van der Waals surface area contributed by atoms with Crippen molar-refractivity contribution < 1.29 is 4.42 Å². The number of rotatable bonds is 3. The first-order chi connectivity index (χ1) is 12.2. The van der Waals surface area contributed by atoms with E-state index in [-0.39, 0.29) is 11.5 Å². The Balaban J connectivity index is 1.73. The minimum absolute atomic E-state index is 0.118. The van der Waals surface area contributed by atoms with E-state index in [0.717, 1.165) is 54.3 Å². The Morgan fingerprint density at radius 3 is 2.80 bits per heavy atom. The van der Waals surface area contributed by atoms with Gasteiger partial charge in [-0.25, -0.2) is 4.98 Å². The maximum absolute atomic E-state index is 12.2. The molecule has 1 aliphatic rings. The third-order valence-electron chi connectivity index (χ3n) is 4.71. The zero-order valence-corrected chi connectivity index (χ0v) is 14.2. The highest BCUT2D eigenvalue weighted by atomic mass is 16.3. The average molecular weight is 335 g/mol. The highest BCUT2D eigenvalue weighted by molar-refractivity contribution is 5.68. The van der Waals surface area contributed by atoms with E-state index in [9.17, 15) is 4.79 Å². The molecule has 2 N–H and O–H groups in total. The van der Waals surface area contributed by atoms with Crippen LogP contribution in [0.3, 0.4) is 0 Å². The van der Waals surface area contributed by atoms with Crippen molar-refractivity contribution in [1.82, 2.24) is 15.3 Å². The maximum Gasteiger partial charge on any atom is 0.251 e. The van der Waals surface area contributed by atoms with Crippen LogP contribution in [-0.4, -0.2) is 23.1 Å². The van der Waals surface area contributed by atoms with E-state index in [1.54, 1.807) is 6.07 Å². The molecule has 0 amide bonds. The van der Waals surface area contributed by atoms with Crippen molar-refractivity contribution in [2.75, 3.05) is 13.1 Å². The smallest absolute Gasteiger partial charge is 0.251 e. The molecule has 0 aliphatic carbocycles. The third kappa shape index (κ3) is 3.28. The number of benzene rings is 1.